The lowest BCUT2D eigenvalue weighted by Gasteiger charge is -2.60. The van der Waals surface area contributed by atoms with Crippen molar-refractivity contribution in [1.82, 2.24) is 0 Å². The topological polar surface area (TPSA) is 288 Å². The van der Waals surface area contributed by atoms with Crippen molar-refractivity contribution in [3.63, 3.8) is 0 Å². The molecule has 8 atom stereocenters. The quantitative estimate of drug-likeness (QED) is 0.0303. The molecule has 1 N–H and O–H groups in total. The second kappa shape index (κ2) is 47.6. The van der Waals surface area contributed by atoms with E-state index in [0.717, 1.165) is 76.0 Å². The first kappa shape index (κ1) is 118. The van der Waals surface area contributed by atoms with Gasteiger partial charge in [0.25, 0.3) is 0 Å². The number of hydrogen-bond donors (Lipinski definition) is 1. The van der Waals surface area contributed by atoms with Crippen molar-refractivity contribution in [2.24, 2.45) is 80.3 Å². The van der Waals surface area contributed by atoms with Crippen LogP contribution in [0.1, 0.15) is 313 Å². The Morgan fingerprint density at radius 2 is 0.867 bits per heavy atom. The normalized spacial score (nSPS) is 26.7. The molecule has 10 aliphatic carbocycles. The van der Waals surface area contributed by atoms with Crippen molar-refractivity contribution >= 4 is 68.8 Å². The maximum Gasteiger partial charge on any atom is 0.428 e. The molecule has 692 valence electrons. The Kier molecular flexibility index (Phi) is 46.6. The highest BCUT2D eigenvalue weighted by Gasteiger charge is 2.65. The van der Waals surface area contributed by atoms with Crippen LogP contribution in [0.25, 0.3) is 0 Å². The summed E-state index contributed by atoms with van der Waals surface area (Å²) >= 11 is 0. The molecule has 0 radical (unpaired) electrons. The Bertz CT molecular complexity index is 3650. The lowest BCUT2D eigenvalue weighted by atomic mass is 9.49. The van der Waals surface area contributed by atoms with Gasteiger partial charge < -0.3 is 47.6 Å². The second-order valence-electron chi connectivity index (χ2n) is 35.6. The van der Waals surface area contributed by atoms with Gasteiger partial charge in [0.1, 0.15) is 36.6 Å². The summed E-state index contributed by atoms with van der Waals surface area (Å²) in [6.45, 7) is 29.5. The highest BCUT2D eigenvalue weighted by molar-refractivity contribution is 7.97. The molecule has 120 heavy (non-hydrogen) atoms. The van der Waals surface area contributed by atoms with Crippen molar-refractivity contribution < 1.29 is 103 Å². The van der Waals surface area contributed by atoms with Crippen LogP contribution in [0, 0.1) is 80.3 Å². The molecule has 8 unspecified atom stereocenters. The molecule has 24 heteroatoms. The molecule has 20 nitrogen and oxygen atoms in total. The highest BCUT2D eigenvalue weighted by atomic mass is 32.2. The fourth-order valence-electron chi connectivity index (χ4n) is 17.4. The average Bonchev–Trinajstić information content (AvgIpc) is 1.64. The number of benzene rings is 3. The summed E-state index contributed by atoms with van der Waals surface area (Å²) in [6.07, 6.45) is 18.1. The summed E-state index contributed by atoms with van der Waals surface area (Å²) in [5, 5.41) is 5.48. The van der Waals surface area contributed by atoms with E-state index in [1.807, 2.05) is 62.3 Å². The number of rotatable bonds is 23. The molecule has 0 amide bonds. The molecule has 3 aromatic carbocycles. The zero-order valence-corrected chi connectivity index (χ0v) is 69.3. The number of esters is 8. The molecule has 2 saturated heterocycles. The monoisotopic (exact) mass is 1740 g/mol. The summed E-state index contributed by atoms with van der Waals surface area (Å²) in [4.78, 5) is 97.6. The molecule has 10 saturated carbocycles. The third-order valence-electron chi connectivity index (χ3n) is 25.7. The van der Waals surface area contributed by atoms with E-state index in [0.29, 0.717) is 67.8 Å². The zero-order valence-electron chi connectivity index (χ0n) is 67.6. The molecule has 12 fully saturated rings. The van der Waals surface area contributed by atoms with Crippen LogP contribution in [0.3, 0.4) is 0 Å². The highest BCUT2D eigenvalue weighted by Crippen LogP contribution is 2.62. The van der Waals surface area contributed by atoms with Crippen LogP contribution in [0.5, 0.6) is 0 Å². The summed E-state index contributed by atoms with van der Waals surface area (Å²) < 4.78 is 97.3. The van der Waals surface area contributed by atoms with Crippen LogP contribution in [-0.2, 0) is 97.3 Å². The number of carbonyl (C=O) groups is 8. The van der Waals surface area contributed by atoms with Crippen molar-refractivity contribution in [2.45, 2.75) is 369 Å². The lowest BCUT2D eigenvalue weighted by Crippen LogP contribution is -2.61. The van der Waals surface area contributed by atoms with Gasteiger partial charge in [0.05, 0.1) is 56.1 Å². The standard InChI is InChI=1S/C18H30O2.C18H15S.C16H26O3.C14H20O4.C10H16F2O7S.C10H16O4.10CH4/c1-5-17(3,4)16(19)20-18(6-2)14-8-12-7-13(10-14)11-15(18)9-12;1-4-10-16(11-5-1)19(17-12-6-2-7-13-17)18-14-8-3-9-15-18;1-4-14(2,3)13(17)19-16-8-11-5-12(9-16)7-15(18,6-11)10-16;1-4-14(2,3)13(16)18-10-7-5-8-9(6-7)12(15)17-11(8)10;1-4-9(2,3)7(13)18-5-6-19-8(14)10(11,12)20(15,16)17;1-4-10(2,3)9(12)14-7-5-6-13-8(7)11;;;;;;;;;;/h12-15H,5-11H2,1-4H3;1-15H;11-12,18H,4-10H2,1-3H3;7-11H,4-6H2,1-3H3;4-6H2,1-3H3,(H,15,16,17);7H,4-6H2,1-3H3;10*1H4/q;+1;;;;;;;;;;;;;;/p-1. The summed E-state index contributed by atoms with van der Waals surface area (Å²) in [6, 6.07) is 32.2. The van der Waals surface area contributed by atoms with Gasteiger partial charge in [-0.1, -0.05) is 170 Å². The van der Waals surface area contributed by atoms with Crippen LogP contribution in [0.15, 0.2) is 106 Å². The number of cyclic esters (lactones) is 1. The van der Waals surface area contributed by atoms with Gasteiger partial charge >= 0.3 is 53.0 Å². The Morgan fingerprint density at radius 1 is 0.492 bits per heavy atom. The number of fused-ring (bicyclic) bond motifs is 1. The van der Waals surface area contributed by atoms with Gasteiger partial charge in [0.15, 0.2) is 24.8 Å². The minimum atomic E-state index is -6.15. The van der Waals surface area contributed by atoms with Crippen molar-refractivity contribution in [2.75, 3.05) is 19.8 Å². The molecule has 3 aromatic rings. The molecule has 10 bridgehead atoms. The van der Waals surface area contributed by atoms with Crippen LogP contribution < -0.4 is 0 Å². The van der Waals surface area contributed by atoms with Gasteiger partial charge in [-0.3, -0.25) is 28.8 Å². The smallest absolute Gasteiger partial charge is 0.428 e. The van der Waals surface area contributed by atoms with Gasteiger partial charge in [-0.05, 0) is 257 Å². The minimum absolute atomic E-state index is 0. The predicted octanol–water partition coefficient (Wildman–Crippen LogP) is 22.6. The predicted molar refractivity (Wildman–Crippen MR) is 475 cm³/mol. The molecule has 0 aromatic heterocycles. The molecular weight excluding hydrogens is 1580 g/mol. The first-order chi connectivity index (χ1) is 51.4. The molecule has 0 spiro atoms. The number of aliphatic hydroxyl groups is 1. The van der Waals surface area contributed by atoms with E-state index < -0.39 is 79.9 Å². The number of alkyl halides is 2. The van der Waals surface area contributed by atoms with Crippen LogP contribution in [-0.4, -0.2) is 126 Å². The first-order valence-electron chi connectivity index (χ1n) is 39.9. The molecule has 2 aliphatic heterocycles. The van der Waals surface area contributed by atoms with Crippen LogP contribution in [0.2, 0.25) is 0 Å². The van der Waals surface area contributed by atoms with E-state index in [1.165, 1.54) is 53.2 Å². The molecule has 2 heterocycles. The average molecular weight is 1740 g/mol. The molecule has 15 rings (SSSR count). The third-order valence-corrected chi connectivity index (χ3v) is 28.7. The number of hydrogen-bond acceptors (Lipinski definition) is 20. The third kappa shape index (κ3) is 27.7. The largest absolute Gasteiger partial charge is 0.743 e. The van der Waals surface area contributed by atoms with E-state index in [1.54, 1.807) is 34.6 Å². The van der Waals surface area contributed by atoms with Gasteiger partial charge in [0, 0.05) is 24.7 Å². The van der Waals surface area contributed by atoms with E-state index in [9.17, 15) is 65.2 Å². The SMILES string of the molecule is C.C.C.C.C.C.C.C.C.C.CCC(C)(C)C(=O)OC1(CC)C2CC3CC(C2)CC1C3.CCC(C)(C)C(=O)OC12CC3CC(CC(O)(C3)C1)C2.CCC(C)(C)C(=O)OC1C2CC3C(=O)OC1C3C2.CCC(C)(C)C(=O)OC1CCOC1=O.CCC(C)(C)C(=O)OCCOC(=O)C(F)(F)S(=O)(=O)[O-].c1ccc([S+](c2ccccc2)c2ccccc2)cc1. The summed E-state index contributed by atoms with van der Waals surface area (Å²) in [5.74, 6) is 0.773. The summed E-state index contributed by atoms with van der Waals surface area (Å²) in [5.41, 5.74) is -3.55. The maximum absolute atomic E-state index is 12.7. The fraction of sp³-hybridized carbons (Fsp3) is 0.729. The van der Waals surface area contributed by atoms with E-state index in [2.05, 4.69) is 114 Å². The van der Waals surface area contributed by atoms with Crippen molar-refractivity contribution in [3.05, 3.63) is 91.0 Å². The number of ether oxygens (including phenoxy) is 8. The van der Waals surface area contributed by atoms with Crippen LogP contribution in [0.4, 0.5) is 8.78 Å². The van der Waals surface area contributed by atoms with Crippen molar-refractivity contribution in [1.29, 1.82) is 0 Å². The number of carbonyl (C=O) groups excluding carboxylic acids is 8. The fourth-order valence-corrected chi connectivity index (χ4v) is 19.7. The Morgan fingerprint density at radius 3 is 1.24 bits per heavy atom. The molecular formula is C96H162F2O20S2. The van der Waals surface area contributed by atoms with Gasteiger partial charge in [-0.2, -0.15) is 8.78 Å². The second-order valence-corrected chi connectivity index (χ2v) is 39.0. The van der Waals surface area contributed by atoms with Crippen molar-refractivity contribution in [3.8, 4) is 0 Å². The first-order valence-corrected chi connectivity index (χ1v) is 42.6. The molecule has 12 aliphatic rings. The zero-order chi connectivity index (χ0) is 81.4. The summed E-state index contributed by atoms with van der Waals surface area (Å²) in [7, 11) is -6.16. The number of halogens is 2. The van der Waals surface area contributed by atoms with Gasteiger partial charge in [-0.25, -0.2) is 18.0 Å². The Balaban J connectivity index is -0.00000135. The van der Waals surface area contributed by atoms with Gasteiger partial charge in [-0.15, -0.1) is 0 Å². The van der Waals surface area contributed by atoms with E-state index in [4.69, 9.17) is 28.4 Å². The lowest BCUT2D eigenvalue weighted by molar-refractivity contribution is -0.225. The van der Waals surface area contributed by atoms with Crippen LogP contribution >= 0.6 is 0 Å². The Labute approximate surface area is 727 Å². The van der Waals surface area contributed by atoms with Gasteiger partial charge in [0.2, 0.25) is 6.10 Å². The van der Waals surface area contributed by atoms with E-state index in [-0.39, 0.29) is 150 Å². The van der Waals surface area contributed by atoms with E-state index >= 15 is 0 Å². The Hall–Kier alpha value is -6.50. The minimum Gasteiger partial charge on any atom is -0.743 e. The maximum atomic E-state index is 12.7.